The molecule has 1 atom stereocenters. The molecule has 0 saturated carbocycles. The lowest BCUT2D eigenvalue weighted by Crippen LogP contribution is -2.40. The van der Waals surface area contributed by atoms with Crippen molar-refractivity contribution in [3.05, 3.63) is 95.2 Å². The number of carbonyl (C=O) groups is 2. The van der Waals surface area contributed by atoms with Crippen molar-refractivity contribution < 1.29 is 37.7 Å². The van der Waals surface area contributed by atoms with E-state index < -0.39 is 29.7 Å². The van der Waals surface area contributed by atoms with E-state index >= 15 is 0 Å². The standard InChI is InChI=1S/C29H25F3N2O5/c1-2-39-16-21(12-17-6-9-22(35)10-7-17)33-27(36)26-15-24(28(37)38)23-14-19(8-11-25(23)34-26)18-4-3-5-20(13-18)29(30,31)32/h3-11,13-15,21,35H,2,12,16H2,1H3,(H,33,36)(H,37,38)/t21-/m0/s1. The number of hydrogen-bond acceptors (Lipinski definition) is 5. The van der Waals surface area contributed by atoms with Crippen LogP contribution in [-0.2, 0) is 17.3 Å². The molecule has 39 heavy (non-hydrogen) atoms. The van der Waals surface area contributed by atoms with Gasteiger partial charge in [0, 0.05) is 12.0 Å². The van der Waals surface area contributed by atoms with E-state index in [0.717, 1.165) is 23.8 Å². The zero-order valence-electron chi connectivity index (χ0n) is 20.8. The Hall–Kier alpha value is -4.44. The Balaban J connectivity index is 1.65. The molecule has 1 heterocycles. The van der Waals surface area contributed by atoms with Gasteiger partial charge in [-0.15, -0.1) is 0 Å². The summed E-state index contributed by atoms with van der Waals surface area (Å²) in [7, 11) is 0. The molecule has 3 N–H and O–H groups in total. The number of benzene rings is 3. The first kappa shape index (κ1) is 27.6. The normalized spacial score (nSPS) is 12.3. The summed E-state index contributed by atoms with van der Waals surface area (Å²) in [5, 5.41) is 22.4. The predicted molar refractivity (Wildman–Crippen MR) is 139 cm³/mol. The van der Waals surface area contributed by atoms with E-state index in [1.807, 2.05) is 6.92 Å². The number of phenolic OH excluding ortho intramolecular Hbond substituents is 1. The number of fused-ring (bicyclic) bond motifs is 1. The average Bonchev–Trinajstić information content (AvgIpc) is 2.91. The first-order valence-electron chi connectivity index (χ1n) is 12.1. The van der Waals surface area contributed by atoms with E-state index in [0.29, 0.717) is 18.6 Å². The maximum atomic E-state index is 13.2. The van der Waals surface area contributed by atoms with Gasteiger partial charge in [0.05, 0.1) is 29.3 Å². The highest BCUT2D eigenvalue weighted by atomic mass is 19.4. The van der Waals surface area contributed by atoms with Gasteiger partial charge in [0.15, 0.2) is 0 Å². The van der Waals surface area contributed by atoms with Crippen LogP contribution in [-0.4, -0.2) is 46.3 Å². The average molecular weight is 539 g/mol. The quantitative estimate of drug-likeness (QED) is 0.252. The summed E-state index contributed by atoms with van der Waals surface area (Å²) < 4.78 is 45.0. The summed E-state index contributed by atoms with van der Waals surface area (Å²) >= 11 is 0. The molecule has 202 valence electrons. The Kier molecular flexibility index (Phi) is 8.15. The molecule has 1 aromatic heterocycles. The van der Waals surface area contributed by atoms with Crippen LogP contribution in [0.5, 0.6) is 5.75 Å². The van der Waals surface area contributed by atoms with Crippen molar-refractivity contribution in [1.82, 2.24) is 10.3 Å². The third-order valence-corrected chi connectivity index (χ3v) is 6.07. The number of amides is 1. The zero-order valence-corrected chi connectivity index (χ0v) is 20.8. The van der Waals surface area contributed by atoms with Gasteiger partial charge in [0.25, 0.3) is 5.91 Å². The van der Waals surface area contributed by atoms with Crippen LogP contribution >= 0.6 is 0 Å². The first-order chi connectivity index (χ1) is 18.5. The number of nitrogens with one attached hydrogen (secondary N) is 1. The summed E-state index contributed by atoms with van der Waals surface area (Å²) in [6, 6.07) is 16.4. The van der Waals surface area contributed by atoms with Crippen molar-refractivity contribution in [2.75, 3.05) is 13.2 Å². The topological polar surface area (TPSA) is 109 Å². The number of nitrogens with zero attached hydrogens (tertiary/aromatic N) is 1. The number of hydrogen-bond donors (Lipinski definition) is 3. The SMILES string of the molecule is CCOC[C@H](Cc1ccc(O)cc1)NC(=O)c1cc(C(=O)O)c2cc(-c3cccc(C(F)(F)F)c3)ccc2n1. The fourth-order valence-electron chi connectivity index (χ4n) is 4.16. The molecule has 0 radical (unpaired) electrons. The van der Waals surface area contributed by atoms with Crippen LogP contribution < -0.4 is 5.32 Å². The Bertz CT molecular complexity index is 1500. The van der Waals surface area contributed by atoms with E-state index in [-0.39, 0.29) is 40.1 Å². The summed E-state index contributed by atoms with van der Waals surface area (Å²) in [5.74, 6) is -1.81. The monoisotopic (exact) mass is 538 g/mol. The van der Waals surface area contributed by atoms with Gasteiger partial charge in [-0.1, -0.05) is 30.3 Å². The molecule has 3 aromatic carbocycles. The Morgan fingerprint density at radius 2 is 1.72 bits per heavy atom. The number of pyridine rings is 1. The lowest BCUT2D eigenvalue weighted by Gasteiger charge is -2.19. The van der Waals surface area contributed by atoms with E-state index in [1.54, 1.807) is 12.1 Å². The number of carbonyl (C=O) groups excluding carboxylic acids is 1. The molecule has 0 aliphatic carbocycles. The third-order valence-electron chi connectivity index (χ3n) is 6.07. The highest BCUT2D eigenvalue weighted by Gasteiger charge is 2.30. The molecule has 4 aromatic rings. The van der Waals surface area contributed by atoms with Crippen LogP contribution in [0, 0.1) is 0 Å². The van der Waals surface area contributed by atoms with E-state index in [2.05, 4.69) is 10.3 Å². The van der Waals surface area contributed by atoms with E-state index in [4.69, 9.17) is 4.74 Å². The fraction of sp³-hybridized carbons (Fsp3) is 0.207. The Labute approximate surface area is 221 Å². The van der Waals surface area contributed by atoms with Crippen molar-refractivity contribution >= 4 is 22.8 Å². The zero-order chi connectivity index (χ0) is 28.2. The first-order valence-corrected chi connectivity index (χ1v) is 12.1. The molecule has 0 unspecified atom stereocenters. The Morgan fingerprint density at radius 3 is 2.38 bits per heavy atom. The number of rotatable bonds is 9. The van der Waals surface area contributed by atoms with Gasteiger partial charge in [-0.05, 0) is 72.5 Å². The number of aromatic carboxylic acids is 1. The van der Waals surface area contributed by atoms with Gasteiger partial charge >= 0.3 is 12.1 Å². The summed E-state index contributed by atoms with van der Waals surface area (Å²) in [6.45, 7) is 2.44. The van der Waals surface area contributed by atoms with Gasteiger partial charge in [-0.2, -0.15) is 13.2 Å². The van der Waals surface area contributed by atoms with Gasteiger partial charge in [0.1, 0.15) is 11.4 Å². The molecule has 0 spiro atoms. The fourth-order valence-corrected chi connectivity index (χ4v) is 4.16. The molecule has 7 nitrogen and oxygen atoms in total. The molecular weight excluding hydrogens is 513 g/mol. The maximum Gasteiger partial charge on any atom is 0.416 e. The van der Waals surface area contributed by atoms with E-state index in [1.165, 1.54) is 42.5 Å². The van der Waals surface area contributed by atoms with E-state index in [9.17, 15) is 33.0 Å². The lowest BCUT2D eigenvalue weighted by atomic mass is 9.98. The van der Waals surface area contributed by atoms with Gasteiger partial charge in [0.2, 0.25) is 0 Å². The lowest BCUT2D eigenvalue weighted by molar-refractivity contribution is -0.137. The van der Waals surface area contributed by atoms with Crippen LogP contribution in [0.25, 0.3) is 22.0 Å². The van der Waals surface area contributed by atoms with Crippen molar-refractivity contribution in [3.8, 4) is 16.9 Å². The molecule has 1 amide bonds. The minimum absolute atomic E-state index is 0.113. The number of aromatic hydroxyl groups is 1. The van der Waals surface area contributed by atoms with Crippen molar-refractivity contribution in [3.63, 3.8) is 0 Å². The number of phenols is 1. The number of carboxylic acids is 1. The number of alkyl halides is 3. The van der Waals surface area contributed by atoms with Gasteiger partial charge in [-0.25, -0.2) is 9.78 Å². The molecule has 4 rings (SSSR count). The largest absolute Gasteiger partial charge is 0.508 e. The van der Waals surface area contributed by atoms with Crippen molar-refractivity contribution in [1.29, 1.82) is 0 Å². The molecule has 0 bridgehead atoms. The van der Waals surface area contributed by atoms with Crippen LogP contribution in [0.3, 0.4) is 0 Å². The van der Waals surface area contributed by atoms with Crippen molar-refractivity contribution in [2.45, 2.75) is 25.6 Å². The second-order valence-electron chi connectivity index (χ2n) is 8.87. The van der Waals surface area contributed by atoms with Crippen molar-refractivity contribution in [2.24, 2.45) is 0 Å². The number of aromatic nitrogens is 1. The van der Waals surface area contributed by atoms with Crippen LogP contribution in [0.1, 0.15) is 38.9 Å². The molecular formula is C29H25F3N2O5. The van der Waals surface area contributed by atoms with Crippen LogP contribution in [0.15, 0.2) is 72.8 Å². The molecule has 0 saturated heterocycles. The minimum atomic E-state index is -4.52. The smallest absolute Gasteiger partial charge is 0.416 e. The third kappa shape index (κ3) is 6.71. The van der Waals surface area contributed by atoms with Gasteiger partial charge in [-0.3, -0.25) is 4.79 Å². The summed E-state index contributed by atoms with van der Waals surface area (Å²) in [6.07, 6.45) is -4.13. The second-order valence-corrected chi connectivity index (χ2v) is 8.87. The highest BCUT2D eigenvalue weighted by molar-refractivity contribution is 6.06. The summed E-state index contributed by atoms with van der Waals surface area (Å²) in [4.78, 5) is 29.6. The summed E-state index contributed by atoms with van der Waals surface area (Å²) in [5.41, 5.74) is 0.530. The van der Waals surface area contributed by atoms with Gasteiger partial charge < -0.3 is 20.3 Å². The molecule has 0 fully saturated rings. The highest BCUT2D eigenvalue weighted by Crippen LogP contribution is 2.33. The minimum Gasteiger partial charge on any atom is -0.508 e. The number of carboxylic acid groups (broad SMARTS) is 1. The van der Waals surface area contributed by atoms with Crippen LogP contribution in [0.2, 0.25) is 0 Å². The second kappa shape index (κ2) is 11.5. The number of halogens is 3. The Morgan fingerprint density at radius 1 is 1.00 bits per heavy atom. The predicted octanol–water partition coefficient (Wildman–Crippen LogP) is 5.70. The molecule has 0 aliphatic heterocycles. The molecule has 10 heteroatoms. The molecule has 0 aliphatic rings. The maximum absolute atomic E-state index is 13.2. The number of ether oxygens (including phenoxy) is 1. The van der Waals surface area contributed by atoms with Crippen LogP contribution in [0.4, 0.5) is 13.2 Å².